The minimum Gasteiger partial charge on any atom is -0.294 e. The van der Waals surface area contributed by atoms with Crippen molar-refractivity contribution < 1.29 is 4.79 Å². The Hall–Kier alpha value is -0.770. The van der Waals surface area contributed by atoms with Crippen LogP contribution in [0.2, 0.25) is 5.02 Å². The van der Waals surface area contributed by atoms with Crippen molar-refractivity contribution in [3.05, 3.63) is 57.5 Å². The normalized spacial score (nSPS) is 10.4. The van der Waals surface area contributed by atoms with Gasteiger partial charge in [0.25, 0.3) is 0 Å². The van der Waals surface area contributed by atoms with E-state index in [-0.39, 0.29) is 5.78 Å². The van der Waals surface area contributed by atoms with Gasteiger partial charge in [0.1, 0.15) is 0 Å². The van der Waals surface area contributed by atoms with Crippen molar-refractivity contribution in [3.63, 3.8) is 0 Å². The maximum absolute atomic E-state index is 11.3. The highest BCUT2D eigenvalue weighted by Gasteiger charge is 2.07. The number of carbonyl (C=O) groups excluding carboxylic acids is 1. The van der Waals surface area contributed by atoms with E-state index in [1.807, 2.05) is 36.4 Å². The van der Waals surface area contributed by atoms with Gasteiger partial charge in [-0.25, -0.2) is 0 Å². The fourth-order valence-electron chi connectivity index (χ4n) is 1.51. The summed E-state index contributed by atoms with van der Waals surface area (Å²) in [6, 6.07) is 13.5. The maximum atomic E-state index is 11.3. The van der Waals surface area contributed by atoms with Gasteiger partial charge in [-0.05, 0) is 43.3 Å². The molecule has 1 nitrogen and oxygen atoms in total. The first kappa shape index (κ1) is 13.7. The first-order valence-corrected chi connectivity index (χ1v) is 7.29. The minimum absolute atomic E-state index is 0.0148. The monoisotopic (exact) mass is 340 g/mol. The second-order valence-electron chi connectivity index (χ2n) is 3.76. The molecule has 92 valence electrons. The van der Waals surface area contributed by atoms with Crippen molar-refractivity contribution >= 4 is 45.1 Å². The molecule has 0 fully saturated rings. The lowest BCUT2D eigenvalue weighted by molar-refractivity contribution is 0.101. The number of hydrogen-bond acceptors (Lipinski definition) is 2. The highest BCUT2D eigenvalue weighted by Crippen LogP contribution is 2.32. The molecule has 4 heteroatoms. The maximum Gasteiger partial charge on any atom is 0.161 e. The van der Waals surface area contributed by atoms with Gasteiger partial charge in [-0.3, -0.25) is 4.79 Å². The van der Waals surface area contributed by atoms with Crippen LogP contribution in [-0.2, 0) is 0 Å². The van der Waals surface area contributed by atoms with E-state index in [2.05, 4.69) is 15.9 Å². The topological polar surface area (TPSA) is 17.1 Å². The molecule has 0 bridgehead atoms. The van der Waals surface area contributed by atoms with Gasteiger partial charge in [0.05, 0.1) is 5.02 Å². The number of halogens is 2. The summed E-state index contributed by atoms with van der Waals surface area (Å²) >= 11 is 11.1. The van der Waals surface area contributed by atoms with Crippen molar-refractivity contribution in [1.82, 2.24) is 0 Å². The number of ketones is 1. The lowest BCUT2D eigenvalue weighted by Crippen LogP contribution is -1.92. The van der Waals surface area contributed by atoms with E-state index >= 15 is 0 Å². The predicted octanol–water partition coefficient (Wildman–Crippen LogP) is 5.46. The second-order valence-corrected chi connectivity index (χ2v) is 6.23. The zero-order valence-corrected chi connectivity index (χ0v) is 12.8. The summed E-state index contributed by atoms with van der Waals surface area (Å²) in [5, 5.41) is 0.502. The summed E-state index contributed by atoms with van der Waals surface area (Å²) in [4.78, 5) is 13.4. The van der Waals surface area contributed by atoms with Gasteiger partial charge in [0.2, 0.25) is 0 Å². The van der Waals surface area contributed by atoms with E-state index in [0.717, 1.165) is 14.3 Å². The minimum atomic E-state index is -0.0148. The van der Waals surface area contributed by atoms with Gasteiger partial charge < -0.3 is 0 Å². The predicted molar refractivity (Wildman–Crippen MR) is 79.7 cm³/mol. The standard InChI is InChI=1S/C14H10BrClOS/c1-9(17)13-6-5-12(8-14(13)16)18-11-4-2-3-10(15)7-11/h2-8H,1H3. The highest BCUT2D eigenvalue weighted by molar-refractivity contribution is 9.10. The average Bonchev–Trinajstić information content (AvgIpc) is 2.28. The summed E-state index contributed by atoms with van der Waals surface area (Å²) in [6.45, 7) is 1.52. The number of hydrogen-bond donors (Lipinski definition) is 0. The van der Waals surface area contributed by atoms with E-state index in [1.165, 1.54) is 6.92 Å². The fraction of sp³-hybridized carbons (Fsp3) is 0.0714. The van der Waals surface area contributed by atoms with E-state index in [1.54, 1.807) is 17.8 Å². The third-order valence-corrected chi connectivity index (χ3v) is 4.14. The molecule has 0 aliphatic heterocycles. The Kier molecular flexibility index (Phi) is 4.49. The number of benzene rings is 2. The lowest BCUT2D eigenvalue weighted by Gasteiger charge is -2.05. The van der Waals surface area contributed by atoms with Crippen LogP contribution in [-0.4, -0.2) is 5.78 Å². The van der Waals surface area contributed by atoms with Gasteiger partial charge in [-0.1, -0.05) is 45.4 Å². The molecular formula is C14H10BrClOS. The Morgan fingerprint density at radius 2 is 1.89 bits per heavy atom. The third-order valence-electron chi connectivity index (χ3n) is 2.35. The van der Waals surface area contributed by atoms with Crippen LogP contribution in [0.1, 0.15) is 17.3 Å². The Morgan fingerprint density at radius 1 is 1.17 bits per heavy atom. The molecule has 18 heavy (non-hydrogen) atoms. The van der Waals surface area contributed by atoms with Crippen molar-refractivity contribution in [2.24, 2.45) is 0 Å². The largest absolute Gasteiger partial charge is 0.294 e. The first-order valence-electron chi connectivity index (χ1n) is 5.30. The number of Topliss-reactive ketones (excluding diaryl/α,β-unsaturated/α-hetero) is 1. The molecule has 0 saturated carbocycles. The Balaban J connectivity index is 2.25. The van der Waals surface area contributed by atoms with Crippen molar-refractivity contribution in [3.8, 4) is 0 Å². The smallest absolute Gasteiger partial charge is 0.161 e. The van der Waals surface area contributed by atoms with E-state index in [4.69, 9.17) is 11.6 Å². The zero-order chi connectivity index (χ0) is 13.1. The highest BCUT2D eigenvalue weighted by atomic mass is 79.9. The molecule has 0 aromatic heterocycles. The van der Waals surface area contributed by atoms with Crippen LogP contribution < -0.4 is 0 Å². The van der Waals surface area contributed by atoms with Crippen LogP contribution in [0, 0.1) is 0 Å². The molecular weight excluding hydrogens is 332 g/mol. The van der Waals surface area contributed by atoms with Crippen molar-refractivity contribution in [2.45, 2.75) is 16.7 Å². The number of rotatable bonds is 3. The number of carbonyl (C=O) groups is 1. The van der Waals surface area contributed by atoms with Gasteiger partial charge in [0, 0.05) is 19.8 Å². The molecule has 0 spiro atoms. The van der Waals surface area contributed by atoms with E-state index in [0.29, 0.717) is 10.6 Å². The fourth-order valence-corrected chi connectivity index (χ4v) is 3.36. The molecule has 0 saturated heterocycles. The summed E-state index contributed by atoms with van der Waals surface area (Å²) in [6.07, 6.45) is 0. The van der Waals surface area contributed by atoms with Gasteiger partial charge >= 0.3 is 0 Å². The molecule has 0 radical (unpaired) electrons. The first-order chi connectivity index (χ1) is 8.56. The molecule has 0 N–H and O–H groups in total. The molecule has 0 aliphatic rings. The Labute approximate surface area is 124 Å². The van der Waals surface area contributed by atoms with Crippen molar-refractivity contribution in [2.75, 3.05) is 0 Å². The molecule has 0 unspecified atom stereocenters. The molecule has 0 heterocycles. The zero-order valence-electron chi connectivity index (χ0n) is 9.61. The molecule has 2 aromatic rings. The van der Waals surface area contributed by atoms with Crippen LogP contribution >= 0.6 is 39.3 Å². The Morgan fingerprint density at radius 3 is 2.50 bits per heavy atom. The summed E-state index contributed by atoms with van der Waals surface area (Å²) < 4.78 is 1.04. The summed E-state index contributed by atoms with van der Waals surface area (Å²) in [5.74, 6) is -0.0148. The van der Waals surface area contributed by atoms with Crippen LogP contribution in [0.3, 0.4) is 0 Å². The van der Waals surface area contributed by atoms with Crippen LogP contribution in [0.4, 0.5) is 0 Å². The van der Waals surface area contributed by atoms with Gasteiger partial charge in [-0.2, -0.15) is 0 Å². The lowest BCUT2D eigenvalue weighted by atomic mass is 10.1. The molecule has 2 aromatic carbocycles. The van der Waals surface area contributed by atoms with E-state index < -0.39 is 0 Å². The third kappa shape index (κ3) is 3.37. The molecule has 0 atom stereocenters. The quantitative estimate of drug-likeness (QED) is 0.690. The second kappa shape index (κ2) is 5.91. The average molecular weight is 342 g/mol. The van der Waals surface area contributed by atoms with Crippen molar-refractivity contribution in [1.29, 1.82) is 0 Å². The van der Waals surface area contributed by atoms with Gasteiger partial charge in [0.15, 0.2) is 5.78 Å². The summed E-state index contributed by atoms with van der Waals surface area (Å²) in [5.41, 5.74) is 0.565. The molecule has 0 aliphatic carbocycles. The molecule has 0 amide bonds. The van der Waals surface area contributed by atoms with E-state index in [9.17, 15) is 4.79 Å². The van der Waals surface area contributed by atoms with Crippen LogP contribution in [0.25, 0.3) is 0 Å². The van der Waals surface area contributed by atoms with Crippen LogP contribution in [0.5, 0.6) is 0 Å². The van der Waals surface area contributed by atoms with Gasteiger partial charge in [-0.15, -0.1) is 0 Å². The Bertz CT molecular complexity index is 598. The summed E-state index contributed by atoms with van der Waals surface area (Å²) in [7, 11) is 0. The molecule has 2 rings (SSSR count). The van der Waals surface area contributed by atoms with Crippen LogP contribution in [0.15, 0.2) is 56.7 Å². The SMILES string of the molecule is CC(=O)c1ccc(Sc2cccc(Br)c2)cc1Cl.